The molecule has 0 aromatic heterocycles. The maximum Gasteiger partial charge on any atom is 0.337 e. The van der Waals surface area contributed by atoms with Crippen molar-refractivity contribution in [2.45, 2.75) is 13.0 Å². The van der Waals surface area contributed by atoms with Crippen LogP contribution in [0, 0.1) is 0 Å². The zero-order valence-corrected chi connectivity index (χ0v) is 14.5. The molecule has 24 heavy (non-hydrogen) atoms. The van der Waals surface area contributed by atoms with Crippen LogP contribution < -0.4 is 10.1 Å². The lowest BCUT2D eigenvalue weighted by molar-refractivity contribution is -0.122. The van der Waals surface area contributed by atoms with Crippen LogP contribution in [0.15, 0.2) is 42.5 Å². The minimum Gasteiger partial charge on any atom is -0.481 e. The molecule has 0 aliphatic carbocycles. The van der Waals surface area contributed by atoms with Crippen molar-refractivity contribution in [3.63, 3.8) is 0 Å². The van der Waals surface area contributed by atoms with E-state index in [1.807, 2.05) is 0 Å². The summed E-state index contributed by atoms with van der Waals surface area (Å²) in [6, 6.07) is 11.2. The van der Waals surface area contributed by atoms with Gasteiger partial charge in [-0.25, -0.2) is 4.79 Å². The Morgan fingerprint density at radius 3 is 2.54 bits per heavy atom. The number of methoxy groups -OCH3 is 1. The highest BCUT2D eigenvalue weighted by molar-refractivity contribution is 6.34. The van der Waals surface area contributed by atoms with E-state index >= 15 is 0 Å². The lowest BCUT2D eigenvalue weighted by Crippen LogP contribution is -2.30. The van der Waals surface area contributed by atoms with E-state index in [0.717, 1.165) is 0 Å². The largest absolute Gasteiger partial charge is 0.481 e. The van der Waals surface area contributed by atoms with E-state index in [4.69, 9.17) is 27.9 Å². The molecule has 2 rings (SSSR count). The highest BCUT2D eigenvalue weighted by atomic mass is 35.5. The van der Waals surface area contributed by atoms with E-state index in [1.54, 1.807) is 31.2 Å². The Balaban J connectivity index is 2.09. The number of ether oxygens (including phenoxy) is 2. The summed E-state index contributed by atoms with van der Waals surface area (Å²) in [6.07, 6.45) is -0.790. The molecule has 0 heterocycles. The quantitative estimate of drug-likeness (QED) is 0.804. The number of anilines is 1. The second-order valence-corrected chi connectivity index (χ2v) is 5.74. The van der Waals surface area contributed by atoms with Crippen LogP contribution in [0.5, 0.6) is 5.75 Å². The molecular formula is C17H15Cl2NO4. The first-order chi connectivity index (χ1) is 11.4. The van der Waals surface area contributed by atoms with Crippen LogP contribution in [0.4, 0.5) is 5.69 Å². The molecule has 0 aliphatic rings. The van der Waals surface area contributed by atoms with Crippen LogP contribution in [-0.4, -0.2) is 25.1 Å². The summed E-state index contributed by atoms with van der Waals surface area (Å²) in [5.74, 6) is -0.469. The van der Waals surface area contributed by atoms with Gasteiger partial charge in [-0.1, -0.05) is 29.3 Å². The van der Waals surface area contributed by atoms with Crippen molar-refractivity contribution in [3.05, 3.63) is 58.1 Å². The van der Waals surface area contributed by atoms with Gasteiger partial charge in [0.1, 0.15) is 5.75 Å². The van der Waals surface area contributed by atoms with E-state index in [-0.39, 0.29) is 5.56 Å². The average molecular weight is 368 g/mol. The maximum absolute atomic E-state index is 12.3. The molecule has 0 saturated carbocycles. The number of halogens is 2. The number of carbonyl (C=O) groups is 2. The van der Waals surface area contributed by atoms with Crippen LogP contribution in [0.3, 0.4) is 0 Å². The molecule has 0 spiro atoms. The fraction of sp³-hybridized carbons (Fsp3) is 0.176. The van der Waals surface area contributed by atoms with Crippen LogP contribution in [0.25, 0.3) is 0 Å². The first-order valence-electron chi connectivity index (χ1n) is 7.01. The molecule has 0 bridgehead atoms. The fourth-order valence-corrected chi connectivity index (χ4v) is 2.24. The Labute approximate surface area is 149 Å². The minimum atomic E-state index is -0.790. The van der Waals surface area contributed by atoms with Crippen molar-refractivity contribution in [3.8, 4) is 5.75 Å². The molecule has 0 saturated heterocycles. The molecule has 2 aromatic rings. The van der Waals surface area contributed by atoms with E-state index in [0.29, 0.717) is 21.5 Å². The summed E-state index contributed by atoms with van der Waals surface area (Å²) < 4.78 is 10.2. The van der Waals surface area contributed by atoms with Gasteiger partial charge in [0, 0.05) is 5.02 Å². The second-order valence-electron chi connectivity index (χ2n) is 4.89. The monoisotopic (exact) mass is 367 g/mol. The third-order valence-corrected chi connectivity index (χ3v) is 3.69. The fourth-order valence-electron chi connectivity index (χ4n) is 1.90. The average Bonchev–Trinajstić information content (AvgIpc) is 2.56. The van der Waals surface area contributed by atoms with Gasteiger partial charge in [-0.15, -0.1) is 0 Å². The van der Waals surface area contributed by atoms with Crippen molar-refractivity contribution in [2.75, 3.05) is 12.4 Å². The number of rotatable bonds is 5. The second kappa shape index (κ2) is 8.04. The predicted octanol–water partition coefficient (Wildman–Crippen LogP) is 4.19. The van der Waals surface area contributed by atoms with E-state index in [1.165, 1.54) is 25.3 Å². The standard InChI is InChI=1S/C17H15Cl2NO4/c1-10(24-13-5-3-4-12(18)9-13)16(21)20-15-8-11(17(22)23-2)6-7-14(15)19/h3-10H,1-2H3,(H,20,21). The number of carbonyl (C=O) groups excluding carboxylic acids is 2. The maximum atomic E-state index is 12.3. The molecule has 126 valence electrons. The highest BCUT2D eigenvalue weighted by Gasteiger charge is 2.17. The third-order valence-electron chi connectivity index (χ3n) is 3.12. The number of amides is 1. The molecule has 1 atom stereocenters. The summed E-state index contributed by atoms with van der Waals surface area (Å²) >= 11 is 11.9. The molecule has 0 radical (unpaired) electrons. The Morgan fingerprint density at radius 1 is 1.12 bits per heavy atom. The van der Waals surface area contributed by atoms with Crippen LogP contribution in [0.2, 0.25) is 10.0 Å². The number of hydrogen-bond acceptors (Lipinski definition) is 4. The lowest BCUT2D eigenvalue weighted by atomic mass is 10.2. The first-order valence-corrected chi connectivity index (χ1v) is 7.77. The topological polar surface area (TPSA) is 64.6 Å². The van der Waals surface area contributed by atoms with Crippen molar-refractivity contribution in [1.29, 1.82) is 0 Å². The smallest absolute Gasteiger partial charge is 0.337 e. The van der Waals surface area contributed by atoms with E-state index < -0.39 is 18.0 Å². The van der Waals surface area contributed by atoms with Crippen molar-refractivity contribution in [2.24, 2.45) is 0 Å². The van der Waals surface area contributed by atoms with Crippen LogP contribution in [0.1, 0.15) is 17.3 Å². The van der Waals surface area contributed by atoms with Gasteiger partial charge in [0.2, 0.25) is 0 Å². The Morgan fingerprint density at radius 2 is 1.88 bits per heavy atom. The number of hydrogen-bond donors (Lipinski definition) is 1. The molecule has 2 aromatic carbocycles. The molecule has 1 amide bonds. The number of benzene rings is 2. The van der Waals surface area contributed by atoms with Crippen LogP contribution in [-0.2, 0) is 9.53 Å². The van der Waals surface area contributed by atoms with Gasteiger partial charge in [-0.3, -0.25) is 4.79 Å². The summed E-state index contributed by atoms with van der Waals surface area (Å²) in [5, 5.41) is 3.43. The SMILES string of the molecule is COC(=O)c1ccc(Cl)c(NC(=O)C(C)Oc2cccc(Cl)c2)c1. The van der Waals surface area contributed by atoms with Gasteiger partial charge in [0.25, 0.3) is 5.91 Å². The molecule has 0 aliphatic heterocycles. The molecule has 0 fully saturated rings. The molecule has 1 unspecified atom stereocenters. The van der Waals surface area contributed by atoms with Gasteiger partial charge in [-0.2, -0.15) is 0 Å². The summed E-state index contributed by atoms with van der Waals surface area (Å²) in [7, 11) is 1.27. The highest BCUT2D eigenvalue weighted by Crippen LogP contribution is 2.24. The molecular weight excluding hydrogens is 353 g/mol. The van der Waals surface area contributed by atoms with Crippen LogP contribution >= 0.6 is 23.2 Å². The van der Waals surface area contributed by atoms with E-state index in [9.17, 15) is 9.59 Å². The van der Waals surface area contributed by atoms with Gasteiger partial charge >= 0.3 is 5.97 Å². The lowest BCUT2D eigenvalue weighted by Gasteiger charge is -2.16. The molecule has 5 nitrogen and oxygen atoms in total. The molecule has 7 heteroatoms. The van der Waals surface area contributed by atoms with Crippen molar-refractivity contribution < 1.29 is 19.1 Å². The predicted molar refractivity (Wildman–Crippen MR) is 93.0 cm³/mol. The van der Waals surface area contributed by atoms with E-state index in [2.05, 4.69) is 10.1 Å². The molecule has 1 N–H and O–H groups in total. The normalized spacial score (nSPS) is 11.5. The zero-order chi connectivity index (χ0) is 17.7. The summed E-state index contributed by atoms with van der Waals surface area (Å²) in [5.41, 5.74) is 0.576. The Hall–Kier alpha value is -2.24. The number of nitrogens with one attached hydrogen (secondary N) is 1. The van der Waals surface area contributed by atoms with Gasteiger partial charge in [0.05, 0.1) is 23.4 Å². The first kappa shape index (κ1) is 18.1. The zero-order valence-electron chi connectivity index (χ0n) is 13.0. The summed E-state index contributed by atoms with van der Waals surface area (Å²) in [6.45, 7) is 1.59. The summed E-state index contributed by atoms with van der Waals surface area (Å²) in [4.78, 5) is 23.8. The number of esters is 1. The Kier molecular flexibility index (Phi) is 6.06. The van der Waals surface area contributed by atoms with Gasteiger partial charge < -0.3 is 14.8 Å². The minimum absolute atomic E-state index is 0.278. The van der Waals surface area contributed by atoms with Crippen molar-refractivity contribution in [1.82, 2.24) is 0 Å². The van der Waals surface area contributed by atoms with Gasteiger partial charge in [0.15, 0.2) is 6.10 Å². The third kappa shape index (κ3) is 4.63. The Bertz CT molecular complexity index is 764. The van der Waals surface area contributed by atoms with Crippen molar-refractivity contribution >= 4 is 40.8 Å². The van der Waals surface area contributed by atoms with Gasteiger partial charge in [-0.05, 0) is 43.3 Å².